The lowest BCUT2D eigenvalue weighted by molar-refractivity contribution is -0.137. The Kier molecular flexibility index (Phi) is 3.85. The maximum Gasteiger partial charge on any atom is 0.306 e. The van der Waals surface area contributed by atoms with E-state index in [0.717, 1.165) is 12.8 Å². The molecule has 1 aliphatic heterocycles. The summed E-state index contributed by atoms with van der Waals surface area (Å²) in [5.41, 5.74) is 0. The van der Waals surface area contributed by atoms with Crippen LogP contribution in [0, 0.1) is 5.92 Å². The van der Waals surface area contributed by atoms with Crippen LogP contribution < -0.4 is 0 Å². The summed E-state index contributed by atoms with van der Waals surface area (Å²) < 4.78 is 4.85. The molecule has 0 N–H and O–H groups in total. The average Bonchev–Trinajstić information content (AvgIpc) is 2.45. The summed E-state index contributed by atoms with van der Waals surface area (Å²) in [7, 11) is 0. The Labute approximate surface area is 73.6 Å². The maximum absolute atomic E-state index is 10.7. The number of hydrogen-bond donors (Lipinski definition) is 0. The van der Waals surface area contributed by atoms with E-state index in [0.29, 0.717) is 18.9 Å². The van der Waals surface area contributed by atoms with Crippen molar-refractivity contribution in [3.8, 4) is 0 Å². The van der Waals surface area contributed by atoms with Crippen molar-refractivity contribution < 1.29 is 9.53 Å². The Balaban J connectivity index is 2.11. The first kappa shape index (κ1) is 9.30. The maximum atomic E-state index is 10.7. The van der Waals surface area contributed by atoms with Gasteiger partial charge in [0.05, 0.1) is 13.0 Å². The quantitative estimate of drug-likeness (QED) is 0.475. The predicted molar refractivity (Wildman–Crippen MR) is 47.7 cm³/mol. The molecule has 2 nitrogen and oxygen atoms in total. The van der Waals surface area contributed by atoms with Gasteiger partial charge >= 0.3 is 5.97 Å². The highest BCUT2D eigenvalue weighted by Crippen LogP contribution is 2.17. The van der Waals surface area contributed by atoms with Gasteiger partial charge in [-0.2, -0.15) is 0 Å². The van der Waals surface area contributed by atoms with Crippen LogP contribution in [0.25, 0.3) is 0 Å². The molecule has 0 aromatic carbocycles. The van der Waals surface area contributed by atoms with Gasteiger partial charge in [-0.1, -0.05) is 25.5 Å². The van der Waals surface area contributed by atoms with Gasteiger partial charge in [-0.15, -0.1) is 0 Å². The van der Waals surface area contributed by atoms with Crippen molar-refractivity contribution in [2.45, 2.75) is 32.6 Å². The van der Waals surface area contributed by atoms with Crippen LogP contribution in [-0.4, -0.2) is 12.6 Å². The Hall–Kier alpha value is -0.790. The molecule has 2 heteroatoms. The molecule has 1 fully saturated rings. The normalized spacial score (nSPS) is 23.4. The molecule has 12 heavy (non-hydrogen) atoms. The smallest absolute Gasteiger partial charge is 0.306 e. The number of ether oxygens (including phenoxy) is 1. The highest BCUT2D eigenvalue weighted by molar-refractivity contribution is 5.71. The number of cyclic esters (lactones) is 1. The SMILES string of the molecule is CCCC=CCC1COC(=O)C1. The van der Waals surface area contributed by atoms with Crippen LogP contribution in [0.2, 0.25) is 0 Å². The van der Waals surface area contributed by atoms with E-state index in [1.165, 1.54) is 6.42 Å². The van der Waals surface area contributed by atoms with E-state index >= 15 is 0 Å². The van der Waals surface area contributed by atoms with Crippen molar-refractivity contribution >= 4 is 5.97 Å². The van der Waals surface area contributed by atoms with Crippen LogP contribution in [0.3, 0.4) is 0 Å². The van der Waals surface area contributed by atoms with E-state index in [9.17, 15) is 4.79 Å². The van der Waals surface area contributed by atoms with Gasteiger partial charge in [0.1, 0.15) is 0 Å². The Morgan fingerprint density at radius 3 is 3.00 bits per heavy atom. The number of unbranched alkanes of at least 4 members (excludes halogenated alkanes) is 1. The van der Waals surface area contributed by atoms with Gasteiger partial charge in [0.25, 0.3) is 0 Å². The van der Waals surface area contributed by atoms with E-state index < -0.39 is 0 Å². The molecule has 0 saturated carbocycles. The van der Waals surface area contributed by atoms with Gasteiger partial charge in [-0.3, -0.25) is 4.79 Å². The molecule has 1 unspecified atom stereocenters. The molecule has 1 rings (SSSR count). The van der Waals surface area contributed by atoms with Crippen molar-refractivity contribution in [3.63, 3.8) is 0 Å². The van der Waals surface area contributed by atoms with E-state index in [1.807, 2.05) is 0 Å². The monoisotopic (exact) mass is 168 g/mol. The molecule has 1 heterocycles. The summed E-state index contributed by atoms with van der Waals surface area (Å²) in [6, 6.07) is 0. The second-order valence-corrected chi connectivity index (χ2v) is 3.25. The molecule has 68 valence electrons. The first-order valence-electron chi connectivity index (χ1n) is 4.63. The van der Waals surface area contributed by atoms with Gasteiger partial charge in [0, 0.05) is 5.92 Å². The summed E-state index contributed by atoms with van der Waals surface area (Å²) in [4.78, 5) is 10.7. The van der Waals surface area contributed by atoms with E-state index in [4.69, 9.17) is 4.74 Å². The van der Waals surface area contributed by atoms with E-state index in [1.54, 1.807) is 0 Å². The zero-order valence-corrected chi connectivity index (χ0v) is 7.58. The molecule has 0 aliphatic carbocycles. The van der Waals surface area contributed by atoms with Gasteiger partial charge in [0.2, 0.25) is 0 Å². The van der Waals surface area contributed by atoms with Gasteiger partial charge in [0.15, 0.2) is 0 Å². The van der Waals surface area contributed by atoms with Crippen LogP contribution in [0.15, 0.2) is 12.2 Å². The first-order valence-corrected chi connectivity index (χ1v) is 4.63. The number of esters is 1. The molecule has 0 spiro atoms. The van der Waals surface area contributed by atoms with Crippen molar-refractivity contribution in [1.29, 1.82) is 0 Å². The lowest BCUT2D eigenvalue weighted by atomic mass is 10.0. The van der Waals surface area contributed by atoms with Crippen LogP contribution in [0.1, 0.15) is 32.6 Å². The lowest BCUT2D eigenvalue weighted by Crippen LogP contribution is -1.96. The van der Waals surface area contributed by atoms with Crippen LogP contribution in [0.5, 0.6) is 0 Å². The standard InChI is InChI=1S/C10H16O2/c1-2-3-4-5-6-9-7-10(11)12-8-9/h4-5,9H,2-3,6-8H2,1H3. The fourth-order valence-electron chi connectivity index (χ4n) is 1.29. The number of rotatable bonds is 4. The average molecular weight is 168 g/mol. The van der Waals surface area contributed by atoms with E-state index in [2.05, 4.69) is 19.1 Å². The van der Waals surface area contributed by atoms with Gasteiger partial charge in [-0.05, 0) is 12.8 Å². The fourth-order valence-corrected chi connectivity index (χ4v) is 1.29. The largest absolute Gasteiger partial charge is 0.465 e. The zero-order chi connectivity index (χ0) is 8.81. The molecule has 0 aromatic heterocycles. The molecular weight excluding hydrogens is 152 g/mol. The van der Waals surface area contributed by atoms with Crippen molar-refractivity contribution in [3.05, 3.63) is 12.2 Å². The van der Waals surface area contributed by atoms with Crippen molar-refractivity contribution in [2.24, 2.45) is 5.92 Å². The highest BCUT2D eigenvalue weighted by atomic mass is 16.5. The van der Waals surface area contributed by atoms with Crippen LogP contribution in [0.4, 0.5) is 0 Å². The number of allylic oxidation sites excluding steroid dienone is 2. The summed E-state index contributed by atoms with van der Waals surface area (Å²) in [5.74, 6) is 0.398. The van der Waals surface area contributed by atoms with E-state index in [-0.39, 0.29) is 5.97 Å². The Morgan fingerprint density at radius 1 is 1.58 bits per heavy atom. The van der Waals surface area contributed by atoms with Gasteiger partial charge < -0.3 is 4.74 Å². The highest BCUT2D eigenvalue weighted by Gasteiger charge is 2.21. The summed E-state index contributed by atoms with van der Waals surface area (Å²) >= 11 is 0. The first-order chi connectivity index (χ1) is 5.83. The second kappa shape index (κ2) is 4.96. The van der Waals surface area contributed by atoms with Gasteiger partial charge in [-0.25, -0.2) is 0 Å². The predicted octanol–water partition coefficient (Wildman–Crippen LogP) is 2.30. The lowest BCUT2D eigenvalue weighted by Gasteiger charge is -1.98. The minimum Gasteiger partial charge on any atom is -0.465 e. The zero-order valence-electron chi connectivity index (χ0n) is 7.58. The minimum absolute atomic E-state index is 0.0381. The number of carbonyl (C=O) groups is 1. The third kappa shape index (κ3) is 3.07. The number of hydrogen-bond acceptors (Lipinski definition) is 2. The summed E-state index contributed by atoms with van der Waals surface area (Å²) in [5, 5.41) is 0. The minimum atomic E-state index is -0.0381. The fraction of sp³-hybridized carbons (Fsp3) is 0.700. The summed E-state index contributed by atoms with van der Waals surface area (Å²) in [6.07, 6.45) is 8.28. The van der Waals surface area contributed by atoms with Crippen molar-refractivity contribution in [2.75, 3.05) is 6.61 Å². The van der Waals surface area contributed by atoms with Crippen LogP contribution in [-0.2, 0) is 9.53 Å². The van der Waals surface area contributed by atoms with Crippen LogP contribution >= 0.6 is 0 Å². The molecule has 0 amide bonds. The molecule has 1 aliphatic rings. The Bertz CT molecular complexity index is 173. The molecule has 0 bridgehead atoms. The summed E-state index contributed by atoms with van der Waals surface area (Å²) in [6.45, 7) is 2.78. The second-order valence-electron chi connectivity index (χ2n) is 3.25. The number of carbonyl (C=O) groups excluding carboxylic acids is 1. The molecule has 0 aromatic rings. The molecule has 1 saturated heterocycles. The molecular formula is C10H16O2. The molecule has 0 radical (unpaired) electrons. The topological polar surface area (TPSA) is 26.3 Å². The van der Waals surface area contributed by atoms with Crippen molar-refractivity contribution in [1.82, 2.24) is 0 Å². The molecule has 1 atom stereocenters. The Morgan fingerprint density at radius 2 is 2.42 bits per heavy atom. The third-order valence-corrected chi connectivity index (χ3v) is 2.03. The third-order valence-electron chi connectivity index (χ3n) is 2.03.